The molecule has 1 aromatic rings. The number of ether oxygens (including phenoxy) is 1. The molecule has 0 aliphatic rings. The van der Waals surface area contributed by atoms with Gasteiger partial charge in [0.2, 0.25) is 0 Å². The SMILES string of the molecule is C[C@H](N)C(=O)Oc1ccccc1.[H-].[Na+]. The molecule has 0 saturated carbocycles. The molecule has 1 aromatic carbocycles. The molecule has 0 heterocycles. The van der Waals surface area contributed by atoms with Gasteiger partial charge in [-0.1, -0.05) is 18.2 Å². The number of nitrogens with two attached hydrogens (primary N) is 1. The minimum Gasteiger partial charge on any atom is -1.00 e. The van der Waals surface area contributed by atoms with E-state index in [0.717, 1.165) is 0 Å². The van der Waals surface area contributed by atoms with Crippen LogP contribution in [0.1, 0.15) is 8.35 Å². The van der Waals surface area contributed by atoms with Crippen LogP contribution in [-0.4, -0.2) is 12.0 Å². The molecule has 4 heteroatoms. The topological polar surface area (TPSA) is 52.3 Å². The largest absolute Gasteiger partial charge is 1.00 e. The van der Waals surface area contributed by atoms with E-state index in [1.807, 2.05) is 6.07 Å². The van der Waals surface area contributed by atoms with Gasteiger partial charge in [-0.25, -0.2) is 4.79 Å². The maximum atomic E-state index is 11.0. The van der Waals surface area contributed by atoms with Crippen LogP contribution in [0.2, 0.25) is 0 Å². The van der Waals surface area contributed by atoms with E-state index >= 15 is 0 Å². The molecule has 66 valence electrons. The first kappa shape index (κ1) is 12.7. The molecule has 2 N–H and O–H groups in total. The minimum absolute atomic E-state index is 0. The molecule has 0 amide bonds. The van der Waals surface area contributed by atoms with E-state index in [9.17, 15) is 4.79 Å². The van der Waals surface area contributed by atoms with Crippen LogP contribution in [0.25, 0.3) is 0 Å². The summed E-state index contributed by atoms with van der Waals surface area (Å²) in [5, 5.41) is 0. The molecule has 0 aliphatic carbocycles. The summed E-state index contributed by atoms with van der Waals surface area (Å²) in [5.74, 6) is 0.112. The van der Waals surface area contributed by atoms with Crippen molar-refractivity contribution < 1.29 is 40.5 Å². The Kier molecular flexibility index (Phi) is 5.99. The number of hydrogen-bond donors (Lipinski definition) is 1. The predicted octanol–water partition coefficient (Wildman–Crippen LogP) is -1.94. The standard InChI is InChI=1S/C9H11NO2.Na.H/c1-7(10)9(11)12-8-5-3-2-4-6-8;;/h2-7H,10H2,1H3;;/q;+1;-1/t7-;;/m0../s1. The average molecular weight is 189 g/mol. The Morgan fingerprint density at radius 2 is 2.00 bits per heavy atom. The average Bonchev–Trinajstić information content (AvgIpc) is 2.06. The van der Waals surface area contributed by atoms with Crippen molar-refractivity contribution in [2.24, 2.45) is 5.73 Å². The van der Waals surface area contributed by atoms with Crippen molar-refractivity contribution in [3.63, 3.8) is 0 Å². The van der Waals surface area contributed by atoms with Gasteiger partial charge in [-0.3, -0.25) is 0 Å². The predicted molar refractivity (Wildman–Crippen MR) is 46.8 cm³/mol. The van der Waals surface area contributed by atoms with Crippen LogP contribution >= 0.6 is 0 Å². The quantitative estimate of drug-likeness (QED) is 0.334. The number of benzene rings is 1. The number of carbonyl (C=O) groups is 1. The van der Waals surface area contributed by atoms with E-state index < -0.39 is 12.0 Å². The number of para-hydroxylation sites is 1. The van der Waals surface area contributed by atoms with Crippen LogP contribution < -0.4 is 40.0 Å². The van der Waals surface area contributed by atoms with Gasteiger partial charge in [-0.15, -0.1) is 0 Å². The van der Waals surface area contributed by atoms with Gasteiger partial charge in [0.25, 0.3) is 0 Å². The van der Waals surface area contributed by atoms with E-state index in [-0.39, 0.29) is 31.0 Å². The van der Waals surface area contributed by atoms with E-state index in [4.69, 9.17) is 10.5 Å². The second-order valence-electron chi connectivity index (χ2n) is 2.52. The molecule has 1 atom stereocenters. The number of rotatable bonds is 2. The smallest absolute Gasteiger partial charge is 1.00 e. The van der Waals surface area contributed by atoms with Gasteiger partial charge < -0.3 is 11.9 Å². The molecule has 0 aliphatic heterocycles. The molecule has 0 fully saturated rings. The van der Waals surface area contributed by atoms with Crippen LogP contribution in [0.3, 0.4) is 0 Å². The minimum atomic E-state index is -0.579. The van der Waals surface area contributed by atoms with Crippen molar-refractivity contribution in [1.29, 1.82) is 0 Å². The van der Waals surface area contributed by atoms with Gasteiger partial charge in [0.1, 0.15) is 11.8 Å². The molecule has 13 heavy (non-hydrogen) atoms. The number of esters is 1. The van der Waals surface area contributed by atoms with Crippen molar-refractivity contribution in [1.82, 2.24) is 0 Å². The molecule has 0 bridgehead atoms. The van der Waals surface area contributed by atoms with Crippen LogP contribution in [-0.2, 0) is 4.79 Å². The monoisotopic (exact) mass is 189 g/mol. The first-order valence-electron chi connectivity index (χ1n) is 3.72. The Bertz CT molecular complexity index is 267. The summed E-state index contributed by atoms with van der Waals surface area (Å²) in [4.78, 5) is 11.0. The van der Waals surface area contributed by atoms with Gasteiger partial charge in [0.15, 0.2) is 0 Å². The van der Waals surface area contributed by atoms with Gasteiger partial charge >= 0.3 is 35.5 Å². The fraction of sp³-hybridized carbons (Fsp3) is 0.222. The van der Waals surface area contributed by atoms with Gasteiger partial charge in [-0.2, -0.15) is 0 Å². The molecule has 3 nitrogen and oxygen atoms in total. The van der Waals surface area contributed by atoms with Crippen molar-refractivity contribution in [3.05, 3.63) is 30.3 Å². The van der Waals surface area contributed by atoms with Crippen LogP contribution in [0.5, 0.6) is 5.75 Å². The third kappa shape index (κ3) is 4.43. The Morgan fingerprint density at radius 1 is 1.46 bits per heavy atom. The Balaban J connectivity index is 0. The summed E-state index contributed by atoms with van der Waals surface area (Å²) in [6.45, 7) is 1.59. The first-order valence-corrected chi connectivity index (χ1v) is 3.72. The van der Waals surface area contributed by atoms with Gasteiger partial charge in [0.05, 0.1) is 0 Å². The molecule has 0 radical (unpaired) electrons. The molecule has 0 aromatic heterocycles. The van der Waals surface area contributed by atoms with Gasteiger partial charge in [-0.05, 0) is 19.1 Å². The Morgan fingerprint density at radius 3 is 2.46 bits per heavy atom. The van der Waals surface area contributed by atoms with E-state index in [1.54, 1.807) is 31.2 Å². The van der Waals surface area contributed by atoms with Crippen LogP contribution in [0, 0.1) is 0 Å². The molecule has 0 saturated heterocycles. The second-order valence-corrected chi connectivity index (χ2v) is 2.52. The third-order valence-electron chi connectivity index (χ3n) is 1.33. The van der Waals surface area contributed by atoms with Crippen molar-refractivity contribution >= 4 is 5.97 Å². The zero-order chi connectivity index (χ0) is 8.97. The molecule has 0 spiro atoms. The van der Waals surface area contributed by atoms with Gasteiger partial charge in [0, 0.05) is 0 Å². The van der Waals surface area contributed by atoms with Crippen LogP contribution in [0.15, 0.2) is 30.3 Å². The summed E-state index contributed by atoms with van der Waals surface area (Å²) in [6.07, 6.45) is 0. The maximum Gasteiger partial charge on any atom is 1.00 e. The van der Waals surface area contributed by atoms with Crippen molar-refractivity contribution in [3.8, 4) is 5.75 Å². The number of carbonyl (C=O) groups excluding carboxylic acids is 1. The third-order valence-corrected chi connectivity index (χ3v) is 1.33. The maximum absolute atomic E-state index is 11.0. The summed E-state index contributed by atoms with van der Waals surface area (Å²) in [7, 11) is 0. The van der Waals surface area contributed by atoms with Crippen LogP contribution in [0.4, 0.5) is 0 Å². The summed E-state index contributed by atoms with van der Waals surface area (Å²) in [6, 6.07) is 8.28. The fourth-order valence-corrected chi connectivity index (χ4v) is 0.698. The summed E-state index contributed by atoms with van der Waals surface area (Å²) < 4.78 is 4.91. The van der Waals surface area contributed by atoms with E-state index in [0.29, 0.717) is 5.75 Å². The summed E-state index contributed by atoms with van der Waals surface area (Å²) in [5.41, 5.74) is 5.31. The molecular formula is C9H12NNaO2. The molecule has 0 unspecified atom stereocenters. The van der Waals surface area contributed by atoms with E-state index in [1.165, 1.54) is 0 Å². The first-order chi connectivity index (χ1) is 5.70. The van der Waals surface area contributed by atoms with Crippen molar-refractivity contribution in [2.75, 3.05) is 0 Å². The van der Waals surface area contributed by atoms with E-state index in [2.05, 4.69) is 0 Å². The second kappa shape index (κ2) is 6.16. The Labute approximate surface area is 101 Å². The zero-order valence-corrected chi connectivity index (χ0v) is 9.86. The van der Waals surface area contributed by atoms with Crippen molar-refractivity contribution in [2.45, 2.75) is 13.0 Å². The molecular weight excluding hydrogens is 177 g/mol. The number of hydrogen-bond acceptors (Lipinski definition) is 3. The summed E-state index contributed by atoms with van der Waals surface area (Å²) >= 11 is 0. The Hall–Kier alpha value is -0.350. The molecule has 1 rings (SSSR count). The zero-order valence-electron chi connectivity index (χ0n) is 8.86. The fourth-order valence-electron chi connectivity index (χ4n) is 0.698. The normalized spacial score (nSPS) is 11.2.